The van der Waals surface area contributed by atoms with Crippen molar-refractivity contribution in [2.45, 2.75) is 38.1 Å². The number of carboxylic acid groups (broad SMARTS) is 1. The largest absolute Gasteiger partial charge is 0.500 e. The number of urea groups is 1. The molecule has 0 saturated carbocycles. The summed E-state index contributed by atoms with van der Waals surface area (Å²) in [5, 5.41) is 14.0. The van der Waals surface area contributed by atoms with Crippen LogP contribution in [0.2, 0.25) is 6.04 Å². The topological polar surface area (TPSA) is 140 Å². The van der Waals surface area contributed by atoms with Gasteiger partial charge < -0.3 is 29.0 Å². The number of benzene rings is 1. The Morgan fingerprint density at radius 3 is 2.00 bits per heavy atom. The molecule has 0 heterocycles. The zero-order valence-electron chi connectivity index (χ0n) is 17.5. The van der Waals surface area contributed by atoms with Crippen LogP contribution in [0.1, 0.15) is 27.2 Å². The fourth-order valence-corrected chi connectivity index (χ4v) is 6.33. The van der Waals surface area contributed by atoms with Gasteiger partial charge in [-0.1, -0.05) is 0 Å². The number of anilines is 1. The Balaban J connectivity index is 2.54. The Morgan fingerprint density at radius 2 is 1.53 bits per heavy atom. The van der Waals surface area contributed by atoms with Crippen molar-refractivity contribution in [2.75, 3.05) is 37.4 Å². The zero-order valence-corrected chi connectivity index (χ0v) is 19.3. The first-order valence-electron chi connectivity index (χ1n) is 9.69. The van der Waals surface area contributed by atoms with E-state index in [1.165, 1.54) is 24.3 Å². The molecule has 170 valence electrons. The molecule has 1 aromatic rings. The number of hydrogen-bond acceptors (Lipinski definition) is 7. The number of sulfone groups is 1. The minimum Gasteiger partial charge on any atom is -0.480 e. The maximum Gasteiger partial charge on any atom is 0.500 e. The van der Waals surface area contributed by atoms with Crippen molar-refractivity contribution in [3.8, 4) is 0 Å². The maximum atomic E-state index is 12.0. The highest BCUT2D eigenvalue weighted by Gasteiger charge is 2.39. The Morgan fingerprint density at radius 1 is 1.00 bits per heavy atom. The van der Waals surface area contributed by atoms with Gasteiger partial charge in [0.1, 0.15) is 0 Å². The predicted molar refractivity (Wildman–Crippen MR) is 113 cm³/mol. The molecule has 10 nitrogen and oxygen atoms in total. The van der Waals surface area contributed by atoms with Gasteiger partial charge in [0.05, 0.1) is 4.90 Å². The second-order valence-electron chi connectivity index (χ2n) is 6.14. The summed E-state index contributed by atoms with van der Waals surface area (Å²) in [5.74, 6) is -2.42. The molecule has 0 aromatic heterocycles. The average Bonchev–Trinajstić information content (AvgIpc) is 2.65. The summed E-state index contributed by atoms with van der Waals surface area (Å²) in [7, 11) is -6.66. The van der Waals surface area contributed by atoms with Gasteiger partial charge in [-0.15, -0.1) is 0 Å². The molecule has 0 aliphatic heterocycles. The smallest absolute Gasteiger partial charge is 0.480 e. The third-order valence-electron chi connectivity index (χ3n) is 3.82. The molecule has 30 heavy (non-hydrogen) atoms. The number of hydrogen-bond donors (Lipinski definition) is 3. The monoisotopic (exact) mass is 462 g/mol. The predicted octanol–water partition coefficient (Wildman–Crippen LogP) is 2.10. The number of aliphatic carboxylic acids is 1. The van der Waals surface area contributed by atoms with Crippen molar-refractivity contribution in [1.82, 2.24) is 5.32 Å². The Labute approximate surface area is 178 Å². The van der Waals surface area contributed by atoms with Gasteiger partial charge in [0, 0.05) is 38.1 Å². The molecule has 0 aliphatic rings. The minimum absolute atomic E-state index is 0.125. The van der Waals surface area contributed by atoms with E-state index in [0.29, 0.717) is 44.5 Å². The van der Waals surface area contributed by atoms with E-state index in [-0.39, 0.29) is 4.90 Å². The summed E-state index contributed by atoms with van der Waals surface area (Å²) in [4.78, 5) is 22.5. The van der Waals surface area contributed by atoms with E-state index in [1.54, 1.807) is 0 Å². The fourth-order valence-electron chi connectivity index (χ4n) is 2.67. The van der Waals surface area contributed by atoms with Crippen LogP contribution in [0, 0.1) is 0 Å². The molecule has 0 spiro atoms. The molecule has 0 aliphatic carbocycles. The van der Waals surface area contributed by atoms with Gasteiger partial charge in [0.15, 0.2) is 15.6 Å². The molecule has 0 fully saturated rings. The van der Waals surface area contributed by atoms with Crippen LogP contribution >= 0.6 is 0 Å². The number of nitrogens with one attached hydrogen (secondary N) is 2. The lowest BCUT2D eigenvalue weighted by Crippen LogP contribution is -2.46. The quantitative estimate of drug-likeness (QED) is 0.282. The van der Waals surface area contributed by atoms with E-state index in [9.17, 15) is 18.0 Å². The van der Waals surface area contributed by atoms with E-state index in [0.717, 1.165) is 0 Å². The van der Waals surface area contributed by atoms with Gasteiger partial charge >= 0.3 is 20.8 Å². The van der Waals surface area contributed by atoms with Crippen LogP contribution in [-0.2, 0) is 27.9 Å². The van der Waals surface area contributed by atoms with Crippen LogP contribution in [0.3, 0.4) is 0 Å². The normalized spacial score (nSPS) is 11.8. The SMILES string of the molecule is CCO[Si](CCCNC(=O)Nc1ccc(S(=O)(=O)CC(=O)O)cc1)(OCC)OCC. The van der Waals surface area contributed by atoms with Gasteiger partial charge in [-0.25, -0.2) is 13.2 Å². The first-order valence-corrected chi connectivity index (χ1v) is 13.3. The van der Waals surface area contributed by atoms with Gasteiger partial charge in [-0.3, -0.25) is 4.79 Å². The summed E-state index contributed by atoms with van der Waals surface area (Å²) in [6, 6.07) is 5.41. The van der Waals surface area contributed by atoms with Crippen LogP contribution in [0.5, 0.6) is 0 Å². The highest BCUT2D eigenvalue weighted by Crippen LogP contribution is 2.18. The van der Waals surface area contributed by atoms with Gasteiger partial charge in [0.2, 0.25) is 0 Å². The van der Waals surface area contributed by atoms with Crippen molar-refractivity contribution in [2.24, 2.45) is 0 Å². The molecular formula is C18H30N2O8SSi. The second kappa shape index (κ2) is 12.6. The van der Waals surface area contributed by atoms with E-state index >= 15 is 0 Å². The fraction of sp³-hybridized carbons (Fsp3) is 0.556. The third kappa shape index (κ3) is 8.79. The summed E-state index contributed by atoms with van der Waals surface area (Å²) in [6.07, 6.45) is 0.603. The first kappa shape index (κ1) is 26.0. The Hall–Kier alpha value is -1.99. The lowest BCUT2D eigenvalue weighted by molar-refractivity contribution is -0.134. The van der Waals surface area contributed by atoms with Gasteiger partial charge in [-0.2, -0.15) is 0 Å². The molecule has 0 unspecified atom stereocenters. The molecule has 0 atom stereocenters. The van der Waals surface area contributed by atoms with E-state index in [1.807, 2.05) is 20.8 Å². The number of amides is 2. The van der Waals surface area contributed by atoms with Crippen LogP contribution < -0.4 is 10.6 Å². The molecule has 1 rings (SSSR count). The standard InChI is InChI=1S/C18H30N2O8SSi/c1-4-26-30(27-5-2,28-6-3)13-7-12-19-18(23)20-15-8-10-16(11-9-15)29(24,25)14-17(21)22/h8-11H,4-7,12-14H2,1-3H3,(H,21,22)(H2,19,20,23). The maximum absolute atomic E-state index is 12.0. The van der Waals surface area contributed by atoms with E-state index < -0.39 is 36.4 Å². The van der Waals surface area contributed by atoms with Crippen LogP contribution in [0.4, 0.5) is 10.5 Å². The summed E-state index contributed by atoms with van der Waals surface area (Å²) in [5.41, 5.74) is 0.378. The number of carboxylic acids is 1. The Kier molecular flexibility index (Phi) is 11.0. The average molecular weight is 463 g/mol. The lowest BCUT2D eigenvalue weighted by atomic mass is 10.3. The molecule has 0 saturated heterocycles. The number of carbonyl (C=O) groups excluding carboxylic acids is 1. The molecule has 2 amide bonds. The molecular weight excluding hydrogens is 432 g/mol. The minimum atomic E-state index is -3.91. The lowest BCUT2D eigenvalue weighted by Gasteiger charge is -2.28. The van der Waals surface area contributed by atoms with Crippen LogP contribution in [-0.4, -0.2) is 66.4 Å². The highest BCUT2D eigenvalue weighted by atomic mass is 32.2. The van der Waals surface area contributed by atoms with Crippen molar-refractivity contribution >= 4 is 36.3 Å². The summed E-state index contributed by atoms with van der Waals surface area (Å²) in [6.45, 7) is 7.46. The molecule has 0 radical (unpaired) electrons. The molecule has 0 bridgehead atoms. The van der Waals surface area contributed by atoms with E-state index in [2.05, 4.69) is 10.6 Å². The van der Waals surface area contributed by atoms with Crippen LogP contribution in [0.15, 0.2) is 29.2 Å². The third-order valence-corrected chi connectivity index (χ3v) is 8.59. The van der Waals surface area contributed by atoms with Crippen molar-refractivity contribution in [1.29, 1.82) is 0 Å². The van der Waals surface area contributed by atoms with E-state index in [4.69, 9.17) is 18.4 Å². The van der Waals surface area contributed by atoms with Crippen molar-refractivity contribution < 1.29 is 36.4 Å². The Bertz CT molecular complexity index is 769. The van der Waals surface area contributed by atoms with Crippen LogP contribution in [0.25, 0.3) is 0 Å². The second-order valence-corrected chi connectivity index (χ2v) is 10.9. The molecule has 12 heteroatoms. The number of rotatable bonds is 14. The first-order chi connectivity index (χ1) is 14.2. The van der Waals surface area contributed by atoms with Gasteiger partial charge in [0.25, 0.3) is 0 Å². The summed E-state index contributed by atoms with van der Waals surface area (Å²) < 4.78 is 41.0. The van der Waals surface area contributed by atoms with Gasteiger partial charge in [-0.05, 0) is 51.5 Å². The number of carbonyl (C=O) groups is 2. The zero-order chi connectivity index (χ0) is 22.6. The van der Waals surface area contributed by atoms with Crippen molar-refractivity contribution in [3.05, 3.63) is 24.3 Å². The van der Waals surface area contributed by atoms with Crippen molar-refractivity contribution in [3.63, 3.8) is 0 Å². The highest BCUT2D eigenvalue weighted by molar-refractivity contribution is 7.92. The molecule has 1 aromatic carbocycles. The molecule has 3 N–H and O–H groups in total. The summed E-state index contributed by atoms with van der Waals surface area (Å²) >= 11 is 0.